The number of alkyl halides is 3. The summed E-state index contributed by atoms with van der Waals surface area (Å²) in [5, 5.41) is 9.52. The van der Waals surface area contributed by atoms with Crippen LogP contribution in [0.25, 0.3) is 11.3 Å². The molecule has 4 nitrogen and oxygen atoms in total. The van der Waals surface area contributed by atoms with Crippen LogP contribution in [-0.4, -0.2) is 21.2 Å². The fourth-order valence-corrected chi connectivity index (χ4v) is 2.29. The first-order valence-electron chi connectivity index (χ1n) is 6.83. The molecule has 1 saturated carbocycles. The molecule has 3 rings (SSSR count). The van der Waals surface area contributed by atoms with Gasteiger partial charge < -0.3 is 5.32 Å². The van der Waals surface area contributed by atoms with Gasteiger partial charge in [-0.3, -0.25) is 10.1 Å². The number of rotatable bonds is 4. The summed E-state index contributed by atoms with van der Waals surface area (Å²) in [7, 11) is 0. The molecule has 1 aliphatic carbocycles. The molecule has 1 fully saturated rings. The summed E-state index contributed by atoms with van der Waals surface area (Å²) in [5.41, 5.74) is 0.124. The molecular weight excluding hydrogens is 281 g/mol. The summed E-state index contributed by atoms with van der Waals surface area (Å²) < 4.78 is 39.2. The van der Waals surface area contributed by atoms with Gasteiger partial charge in [0.25, 0.3) is 0 Å². The summed E-state index contributed by atoms with van der Waals surface area (Å²) in [4.78, 5) is 4.17. The monoisotopic (exact) mass is 296 g/mol. The zero-order chi connectivity index (χ0) is 14.9. The topological polar surface area (TPSA) is 53.6 Å². The number of hydrogen-bond acceptors (Lipinski definition) is 3. The van der Waals surface area contributed by atoms with Gasteiger partial charge in [-0.05, 0) is 25.0 Å². The van der Waals surface area contributed by atoms with Gasteiger partial charge in [0.05, 0.1) is 23.1 Å². The van der Waals surface area contributed by atoms with Gasteiger partial charge in [0, 0.05) is 24.3 Å². The fraction of sp³-hybridized carbons (Fsp3) is 0.429. The Morgan fingerprint density at radius 2 is 2.10 bits per heavy atom. The van der Waals surface area contributed by atoms with Gasteiger partial charge in [0.15, 0.2) is 0 Å². The average molecular weight is 296 g/mol. The highest BCUT2D eigenvalue weighted by Crippen LogP contribution is 2.35. The van der Waals surface area contributed by atoms with E-state index < -0.39 is 11.7 Å². The quantitative estimate of drug-likeness (QED) is 0.911. The Hall–Kier alpha value is -1.89. The van der Waals surface area contributed by atoms with Crippen molar-refractivity contribution in [3.8, 4) is 11.3 Å². The Labute approximate surface area is 119 Å². The third-order valence-electron chi connectivity index (χ3n) is 3.71. The van der Waals surface area contributed by atoms with Crippen LogP contribution in [0.2, 0.25) is 0 Å². The Morgan fingerprint density at radius 3 is 2.67 bits per heavy atom. The van der Waals surface area contributed by atoms with E-state index in [4.69, 9.17) is 0 Å². The van der Waals surface area contributed by atoms with Crippen LogP contribution < -0.4 is 5.32 Å². The largest absolute Gasteiger partial charge is 0.418 e. The maximum atomic E-state index is 13.1. The minimum atomic E-state index is -4.43. The van der Waals surface area contributed by atoms with Crippen molar-refractivity contribution in [2.45, 2.75) is 38.0 Å². The minimum absolute atomic E-state index is 0.0795. The maximum Gasteiger partial charge on any atom is 0.418 e. The molecule has 2 N–H and O–H groups in total. The number of H-pyrrole nitrogens is 1. The van der Waals surface area contributed by atoms with Crippen molar-refractivity contribution < 1.29 is 13.2 Å². The van der Waals surface area contributed by atoms with Crippen molar-refractivity contribution >= 4 is 0 Å². The maximum absolute atomic E-state index is 13.1. The van der Waals surface area contributed by atoms with Crippen LogP contribution in [0.1, 0.15) is 30.5 Å². The van der Waals surface area contributed by atoms with Crippen molar-refractivity contribution in [2.24, 2.45) is 0 Å². The Kier molecular flexibility index (Phi) is 3.67. The Morgan fingerprint density at radius 1 is 1.29 bits per heavy atom. The first-order chi connectivity index (χ1) is 10.0. The van der Waals surface area contributed by atoms with Gasteiger partial charge >= 0.3 is 6.18 Å². The average Bonchev–Trinajstić information content (AvgIpc) is 2.89. The summed E-state index contributed by atoms with van der Waals surface area (Å²) in [6.07, 6.45) is 1.78. The molecule has 21 heavy (non-hydrogen) atoms. The number of halogens is 3. The Bertz CT molecular complexity index is 603. The molecule has 0 unspecified atom stereocenters. The SMILES string of the molecule is FC(F)(F)c1ccc(CNC2CCC2)nc1-c1cn[nH]c1. The van der Waals surface area contributed by atoms with Crippen LogP contribution in [0, 0.1) is 0 Å². The predicted octanol–water partition coefficient (Wildman–Crippen LogP) is 3.13. The summed E-state index contributed by atoms with van der Waals surface area (Å²) in [5.74, 6) is 0. The van der Waals surface area contributed by atoms with Gasteiger partial charge in [0.1, 0.15) is 0 Å². The second kappa shape index (κ2) is 5.48. The lowest BCUT2D eigenvalue weighted by molar-refractivity contribution is -0.137. The molecule has 0 aliphatic heterocycles. The van der Waals surface area contributed by atoms with Crippen molar-refractivity contribution in [2.75, 3.05) is 0 Å². The van der Waals surface area contributed by atoms with E-state index in [0.717, 1.165) is 18.9 Å². The van der Waals surface area contributed by atoms with E-state index in [2.05, 4.69) is 20.5 Å². The summed E-state index contributed by atoms with van der Waals surface area (Å²) >= 11 is 0. The number of aromatic nitrogens is 3. The highest BCUT2D eigenvalue weighted by Gasteiger charge is 2.35. The fourth-order valence-electron chi connectivity index (χ4n) is 2.29. The molecule has 0 aromatic carbocycles. The van der Waals surface area contributed by atoms with Crippen molar-refractivity contribution in [3.05, 3.63) is 35.8 Å². The summed E-state index contributed by atoms with van der Waals surface area (Å²) in [6.45, 7) is 0.480. The van der Waals surface area contributed by atoms with Gasteiger partial charge in [-0.2, -0.15) is 18.3 Å². The molecule has 0 atom stereocenters. The van der Waals surface area contributed by atoms with Crippen LogP contribution >= 0.6 is 0 Å². The molecule has 2 aromatic rings. The standard InChI is InChI=1S/C14H15F3N4/c15-14(16,17)12-5-4-11(8-18-10-2-1-3-10)21-13(12)9-6-19-20-7-9/h4-7,10,18H,1-3,8H2,(H,19,20). The number of hydrogen-bond donors (Lipinski definition) is 2. The van der Waals surface area contributed by atoms with Crippen LogP contribution in [0.5, 0.6) is 0 Å². The van der Waals surface area contributed by atoms with E-state index in [1.165, 1.54) is 24.9 Å². The van der Waals surface area contributed by atoms with Crippen molar-refractivity contribution in [1.82, 2.24) is 20.5 Å². The van der Waals surface area contributed by atoms with E-state index in [-0.39, 0.29) is 5.69 Å². The predicted molar refractivity (Wildman–Crippen MR) is 71.3 cm³/mol. The smallest absolute Gasteiger partial charge is 0.308 e. The molecule has 112 valence electrons. The molecule has 2 heterocycles. The number of nitrogens with one attached hydrogen (secondary N) is 2. The van der Waals surface area contributed by atoms with E-state index in [0.29, 0.717) is 23.8 Å². The van der Waals surface area contributed by atoms with Crippen molar-refractivity contribution in [3.63, 3.8) is 0 Å². The van der Waals surface area contributed by atoms with Crippen LogP contribution in [0.4, 0.5) is 13.2 Å². The van der Waals surface area contributed by atoms with Gasteiger partial charge in [-0.25, -0.2) is 0 Å². The molecule has 0 bridgehead atoms. The lowest BCUT2D eigenvalue weighted by Crippen LogP contribution is -2.34. The van der Waals surface area contributed by atoms with E-state index in [9.17, 15) is 13.2 Å². The third-order valence-corrected chi connectivity index (χ3v) is 3.71. The van der Waals surface area contributed by atoms with E-state index in [1.54, 1.807) is 0 Å². The summed E-state index contributed by atoms with van der Waals surface area (Å²) in [6, 6.07) is 2.98. The van der Waals surface area contributed by atoms with E-state index in [1.807, 2.05) is 0 Å². The van der Waals surface area contributed by atoms with Crippen LogP contribution in [0.15, 0.2) is 24.5 Å². The minimum Gasteiger partial charge on any atom is -0.308 e. The molecule has 0 radical (unpaired) electrons. The molecule has 1 aliphatic rings. The molecule has 2 aromatic heterocycles. The Balaban J connectivity index is 1.88. The normalized spacial score (nSPS) is 16.0. The zero-order valence-corrected chi connectivity index (χ0v) is 11.2. The third kappa shape index (κ3) is 3.07. The second-order valence-corrected chi connectivity index (χ2v) is 5.19. The molecular formula is C14H15F3N4. The van der Waals surface area contributed by atoms with Crippen LogP contribution in [-0.2, 0) is 12.7 Å². The zero-order valence-electron chi connectivity index (χ0n) is 11.2. The van der Waals surface area contributed by atoms with Gasteiger partial charge in [-0.15, -0.1) is 0 Å². The molecule has 0 spiro atoms. The first-order valence-corrected chi connectivity index (χ1v) is 6.83. The second-order valence-electron chi connectivity index (χ2n) is 5.19. The van der Waals surface area contributed by atoms with Crippen molar-refractivity contribution in [1.29, 1.82) is 0 Å². The van der Waals surface area contributed by atoms with E-state index >= 15 is 0 Å². The van der Waals surface area contributed by atoms with Gasteiger partial charge in [0.2, 0.25) is 0 Å². The van der Waals surface area contributed by atoms with Gasteiger partial charge in [-0.1, -0.05) is 6.42 Å². The highest BCUT2D eigenvalue weighted by molar-refractivity contribution is 5.62. The number of nitrogens with zero attached hydrogens (tertiary/aromatic N) is 2. The number of aromatic amines is 1. The lowest BCUT2D eigenvalue weighted by atomic mass is 9.93. The number of pyridine rings is 1. The molecule has 0 amide bonds. The first kappa shape index (κ1) is 14.1. The lowest BCUT2D eigenvalue weighted by Gasteiger charge is -2.26. The van der Waals surface area contributed by atoms with Crippen LogP contribution in [0.3, 0.4) is 0 Å². The molecule has 0 saturated heterocycles. The molecule has 7 heteroatoms. The highest BCUT2D eigenvalue weighted by atomic mass is 19.4.